The lowest BCUT2D eigenvalue weighted by molar-refractivity contribution is -0.133. The SMILES string of the molecule is C/C=C/c1cnc2c(c1)C(=O)N([C@@H](C)CO)C[C@H](C)[C@@H](CN(C)C(=O)CN1CCOCC1)O2. The molecule has 33 heavy (non-hydrogen) atoms. The molecule has 0 unspecified atom stereocenters. The fourth-order valence-electron chi connectivity index (χ4n) is 4.06. The topological polar surface area (TPSA) is 95.4 Å². The number of pyridine rings is 1. The number of morpholine rings is 1. The van der Waals surface area contributed by atoms with E-state index < -0.39 is 0 Å². The van der Waals surface area contributed by atoms with E-state index in [-0.39, 0.29) is 42.4 Å². The molecule has 1 aromatic heterocycles. The molecule has 3 atom stereocenters. The van der Waals surface area contributed by atoms with Crippen molar-refractivity contribution in [3.05, 3.63) is 29.5 Å². The van der Waals surface area contributed by atoms with Gasteiger partial charge >= 0.3 is 0 Å². The number of ether oxygens (including phenoxy) is 2. The van der Waals surface area contributed by atoms with Crippen molar-refractivity contribution < 1.29 is 24.2 Å². The summed E-state index contributed by atoms with van der Waals surface area (Å²) in [5, 5.41) is 9.76. The van der Waals surface area contributed by atoms with Crippen LogP contribution in [0.15, 0.2) is 18.3 Å². The van der Waals surface area contributed by atoms with Crippen molar-refractivity contribution >= 4 is 17.9 Å². The lowest BCUT2D eigenvalue weighted by Gasteiger charge is -2.38. The minimum absolute atomic E-state index is 0.0167. The molecule has 2 amide bonds. The standard InChI is InChI=1S/C24H36N4O5/c1-5-6-19-11-20-23(25-12-19)33-21(17(2)13-28(24(20)31)18(3)16-29)14-26(4)22(30)15-27-7-9-32-10-8-27/h5-6,11-12,17-18,21,29H,7-10,13-16H2,1-4H3/b6-5+/t17-,18-,21+/m0/s1. The van der Waals surface area contributed by atoms with Crippen LogP contribution in [0.25, 0.3) is 6.08 Å². The van der Waals surface area contributed by atoms with Crippen LogP contribution in [0.3, 0.4) is 0 Å². The fraction of sp³-hybridized carbons (Fsp3) is 0.625. The van der Waals surface area contributed by atoms with Gasteiger partial charge in [0.1, 0.15) is 11.7 Å². The second kappa shape index (κ2) is 11.6. The predicted molar refractivity (Wildman–Crippen MR) is 125 cm³/mol. The summed E-state index contributed by atoms with van der Waals surface area (Å²) >= 11 is 0. The van der Waals surface area contributed by atoms with E-state index in [2.05, 4.69) is 9.88 Å². The molecule has 9 heteroatoms. The third-order valence-electron chi connectivity index (χ3n) is 6.24. The Labute approximate surface area is 196 Å². The second-order valence-electron chi connectivity index (χ2n) is 8.91. The highest BCUT2D eigenvalue weighted by Crippen LogP contribution is 2.27. The van der Waals surface area contributed by atoms with E-state index in [1.807, 2.05) is 32.9 Å². The van der Waals surface area contributed by atoms with Gasteiger partial charge < -0.3 is 24.4 Å². The number of fused-ring (bicyclic) bond motifs is 1. The number of aromatic nitrogens is 1. The smallest absolute Gasteiger partial charge is 0.259 e. The van der Waals surface area contributed by atoms with Crippen molar-refractivity contribution in [2.75, 3.05) is 59.6 Å². The number of carbonyl (C=O) groups is 2. The highest BCUT2D eigenvalue weighted by atomic mass is 16.5. The van der Waals surface area contributed by atoms with E-state index in [4.69, 9.17) is 9.47 Å². The van der Waals surface area contributed by atoms with Gasteiger partial charge in [-0.05, 0) is 25.5 Å². The van der Waals surface area contributed by atoms with Crippen LogP contribution in [0, 0.1) is 5.92 Å². The molecular formula is C24H36N4O5. The number of aliphatic hydroxyl groups excluding tert-OH is 1. The van der Waals surface area contributed by atoms with Crippen molar-refractivity contribution in [3.63, 3.8) is 0 Å². The first-order valence-electron chi connectivity index (χ1n) is 11.6. The molecule has 3 rings (SSSR count). The van der Waals surface area contributed by atoms with E-state index in [0.717, 1.165) is 18.7 Å². The third kappa shape index (κ3) is 6.31. The van der Waals surface area contributed by atoms with Gasteiger partial charge in [0.2, 0.25) is 11.8 Å². The van der Waals surface area contributed by atoms with Crippen LogP contribution < -0.4 is 4.74 Å². The molecule has 0 saturated carbocycles. The zero-order valence-electron chi connectivity index (χ0n) is 20.1. The highest BCUT2D eigenvalue weighted by Gasteiger charge is 2.34. The summed E-state index contributed by atoms with van der Waals surface area (Å²) in [4.78, 5) is 36.1. The zero-order valence-corrected chi connectivity index (χ0v) is 20.1. The molecule has 1 N–H and O–H groups in total. The fourth-order valence-corrected chi connectivity index (χ4v) is 4.06. The van der Waals surface area contributed by atoms with Crippen molar-refractivity contribution in [2.24, 2.45) is 5.92 Å². The predicted octanol–water partition coefficient (Wildman–Crippen LogP) is 1.13. The van der Waals surface area contributed by atoms with E-state index in [1.54, 1.807) is 29.1 Å². The van der Waals surface area contributed by atoms with Crippen LogP contribution in [0.4, 0.5) is 0 Å². The van der Waals surface area contributed by atoms with Crippen molar-refractivity contribution in [1.29, 1.82) is 0 Å². The monoisotopic (exact) mass is 460 g/mol. The summed E-state index contributed by atoms with van der Waals surface area (Å²) in [7, 11) is 1.78. The van der Waals surface area contributed by atoms with E-state index >= 15 is 0 Å². The number of aliphatic hydroxyl groups is 1. The van der Waals surface area contributed by atoms with Crippen LogP contribution >= 0.6 is 0 Å². The molecule has 9 nitrogen and oxygen atoms in total. The van der Waals surface area contributed by atoms with Crippen molar-refractivity contribution in [1.82, 2.24) is 19.7 Å². The normalized spacial score (nSPS) is 22.9. The lowest BCUT2D eigenvalue weighted by atomic mass is 10.00. The number of hydrogen-bond acceptors (Lipinski definition) is 7. The van der Waals surface area contributed by atoms with Gasteiger partial charge in [0.15, 0.2) is 0 Å². The Kier molecular flexibility index (Phi) is 8.82. The van der Waals surface area contributed by atoms with Crippen LogP contribution in [0.5, 0.6) is 5.88 Å². The van der Waals surface area contributed by atoms with Gasteiger partial charge in [-0.25, -0.2) is 4.98 Å². The van der Waals surface area contributed by atoms with Gasteiger partial charge in [0.05, 0.1) is 39.0 Å². The molecule has 1 fully saturated rings. The van der Waals surface area contributed by atoms with Crippen LogP contribution in [-0.2, 0) is 9.53 Å². The van der Waals surface area contributed by atoms with E-state index in [0.29, 0.717) is 38.4 Å². The van der Waals surface area contributed by atoms with Gasteiger partial charge in [0, 0.05) is 38.8 Å². The summed E-state index contributed by atoms with van der Waals surface area (Å²) in [6, 6.07) is 1.42. The molecule has 1 aromatic rings. The maximum atomic E-state index is 13.3. The first kappa shape index (κ1) is 25.1. The molecule has 0 spiro atoms. The summed E-state index contributed by atoms with van der Waals surface area (Å²) in [5.41, 5.74) is 1.16. The lowest BCUT2D eigenvalue weighted by Crippen LogP contribution is -2.51. The molecule has 0 radical (unpaired) electrons. The van der Waals surface area contributed by atoms with E-state index in [1.165, 1.54) is 0 Å². The summed E-state index contributed by atoms with van der Waals surface area (Å²) in [6.07, 6.45) is 5.06. The van der Waals surface area contributed by atoms with Crippen LogP contribution in [0.1, 0.15) is 36.7 Å². The van der Waals surface area contributed by atoms with Gasteiger partial charge in [-0.3, -0.25) is 14.5 Å². The zero-order chi connectivity index (χ0) is 24.0. The number of amides is 2. The molecular weight excluding hydrogens is 424 g/mol. The highest BCUT2D eigenvalue weighted by molar-refractivity contribution is 5.97. The summed E-state index contributed by atoms with van der Waals surface area (Å²) in [6.45, 7) is 9.48. The molecule has 182 valence electrons. The minimum Gasteiger partial charge on any atom is -0.472 e. The second-order valence-corrected chi connectivity index (χ2v) is 8.91. The Morgan fingerprint density at radius 3 is 2.79 bits per heavy atom. The molecule has 0 aromatic carbocycles. The number of nitrogens with zero attached hydrogens (tertiary/aromatic N) is 4. The Morgan fingerprint density at radius 1 is 1.39 bits per heavy atom. The molecule has 0 aliphatic carbocycles. The maximum absolute atomic E-state index is 13.3. The third-order valence-corrected chi connectivity index (χ3v) is 6.24. The number of hydrogen-bond donors (Lipinski definition) is 1. The van der Waals surface area contributed by atoms with Crippen molar-refractivity contribution in [2.45, 2.75) is 32.9 Å². The quantitative estimate of drug-likeness (QED) is 0.652. The Hall–Kier alpha value is -2.49. The summed E-state index contributed by atoms with van der Waals surface area (Å²) in [5.74, 6) is -0.0174. The molecule has 3 heterocycles. The first-order valence-corrected chi connectivity index (χ1v) is 11.6. The molecule has 0 bridgehead atoms. The van der Waals surface area contributed by atoms with Crippen LogP contribution in [-0.4, -0.2) is 108 Å². The molecule has 1 saturated heterocycles. The average Bonchev–Trinajstić information content (AvgIpc) is 2.82. The number of carbonyl (C=O) groups excluding carboxylic acids is 2. The van der Waals surface area contributed by atoms with Crippen LogP contribution in [0.2, 0.25) is 0 Å². The Bertz CT molecular complexity index is 855. The minimum atomic E-state index is -0.357. The Balaban J connectivity index is 1.82. The molecule has 2 aliphatic heterocycles. The number of allylic oxidation sites excluding steroid dienone is 1. The van der Waals surface area contributed by atoms with Gasteiger partial charge in [-0.2, -0.15) is 0 Å². The maximum Gasteiger partial charge on any atom is 0.259 e. The van der Waals surface area contributed by atoms with Gasteiger partial charge in [-0.15, -0.1) is 0 Å². The van der Waals surface area contributed by atoms with Gasteiger partial charge in [-0.1, -0.05) is 19.1 Å². The van der Waals surface area contributed by atoms with Crippen molar-refractivity contribution in [3.8, 4) is 5.88 Å². The summed E-state index contributed by atoms with van der Waals surface area (Å²) < 4.78 is 11.6. The largest absolute Gasteiger partial charge is 0.472 e. The van der Waals surface area contributed by atoms with E-state index in [9.17, 15) is 14.7 Å². The first-order chi connectivity index (χ1) is 15.8. The Morgan fingerprint density at radius 2 is 2.12 bits per heavy atom. The number of rotatable bonds is 7. The average molecular weight is 461 g/mol. The molecule has 2 aliphatic rings. The number of likely N-dealkylation sites (N-methyl/N-ethyl adjacent to an activating group) is 1. The van der Waals surface area contributed by atoms with Gasteiger partial charge in [0.25, 0.3) is 5.91 Å².